The lowest BCUT2D eigenvalue weighted by Gasteiger charge is -2.61. The van der Waals surface area contributed by atoms with Crippen LogP contribution in [-0.4, -0.2) is 99.1 Å². The molecular weight excluding hydrogens is 633 g/mol. The molecule has 9 unspecified atom stereocenters. The van der Waals surface area contributed by atoms with Crippen molar-refractivity contribution in [1.82, 2.24) is 19.6 Å². The van der Waals surface area contributed by atoms with E-state index >= 15 is 0 Å². The highest BCUT2D eigenvalue weighted by atomic mass is 15.2. The summed E-state index contributed by atoms with van der Waals surface area (Å²) in [5, 5.41) is 0. The SMILES string of the molecule is CC.CC.CC1CCC(C(C)C)CN2CC3CCC4CN(CC5CCC(C2)C3C45)CC2CCC(CCC(CCN(C)C)C3CCN(CC3)C1)C[C@@H]2C. The van der Waals surface area contributed by atoms with Crippen molar-refractivity contribution in [2.75, 3.05) is 79.5 Å². The highest BCUT2D eigenvalue weighted by Crippen LogP contribution is 2.56. The van der Waals surface area contributed by atoms with Crippen LogP contribution in [0, 0.1) is 82.9 Å². The van der Waals surface area contributed by atoms with Crippen LogP contribution in [0.25, 0.3) is 0 Å². The fraction of sp³-hybridized carbons (Fsp3) is 1.00. The molecule has 12 bridgehead atoms. The van der Waals surface area contributed by atoms with Gasteiger partial charge in [0.2, 0.25) is 0 Å². The second-order valence-corrected chi connectivity index (χ2v) is 20.5. The molecule has 52 heavy (non-hydrogen) atoms. The predicted octanol–water partition coefficient (Wildman–Crippen LogP) is 10.8. The van der Waals surface area contributed by atoms with Gasteiger partial charge >= 0.3 is 0 Å². The molecule has 12 aliphatic rings. The normalized spacial score (nSPS) is 45.5. The summed E-state index contributed by atoms with van der Waals surface area (Å²) in [7, 11) is 4.58. The van der Waals surface area contributed by atoms with E-state index in [-0.39, 0.29) is 0 Å². The molecule has 3 aliphatic carbocycles. The molecule has 0 amide bonds. The van der Waals surface area contributed by atoms with E-state index in [9.17, 15) is 0 Å². The molecule has 12 rings (SSSR count). The Balaban J connectivity index is 0.00000126. The molecule has 0 aromatic heterocycles. The summed E-state index contributed by atoms with van der Waals surface area (Å²) in [6.45, 7) is 32.3. The molecule has 9 saturated heterocycles. The zero-order chi connectivity index (χ0) is 37.4. The minimum Gasteiger partial charge on any atom is -0.309 e. The Morgan fingerprint density at radius 3 is 1.54 bits per heavy atom. The molecule has 4 heteroatoms. The van der Waals surface area contributed by atoms with Crippen molar-refractivity contribution in [3.8, 4) is 0 Å². The van der Waals surface area contributed by atoms with Crippen LogP contribution in [0.5, 0.6) is 0 Å². The minimum atomic E-state index is 0.811. The van der Waals surface area contributed by atoms with Crippen LogP contribution in [0.2, 0.25) is 0 Å². The first kappa shape index (κ1) is 43.0. The van der Waals surface area contributed by atoms with Crippen LogP contribution in [0.15, 0.2) is 0 Å². The number of hydrogen-bond acceptors (Lipinski definition) is 4. The van der Waals surface area contributed by atoms with Crippen molar-refractivity contribution in [3.63, 3.8) is 0 Å². The van der Waals surface area contributed by atoms with E-state index in [2.05, 4.69) is 61.4 Å². The van der Waals surface area contributed by atoms with Crippen LogP contribution in [0.4, 0.5) is 0 Å². The maximum absolute atomic E-state index is 3.05. The van der Waals surface area contributed by atoms with Gasteiger partial charge in [-0.05, 0) is 194 Å². The summed E-state index contributed by atoms with van der Waals surface area (Å²) in [6, 6.07) is 0. The second kappa shape index (κ2) is 20.8. The highest BCUT2D eigenvalue weighted by Gasteiger charge is 2.53. The van der Waals surface area contributed by atoms with Gasteiger partial charge in [0, 0.05) is 45.8 Å². The van der Waals surface area contributed by atoms with Crippen molar-refractivity contribution >= 4 is 0 Å². The first-order valence-corrected chi connectivity index (χ1v) is 24.0. The molecule has 4 nitrogen and oxygen atoms in total. The Hall–Kier alpha value is -0.160. The Kier molecular flexibility index (Phi) is 17.2. The van der Waals surface area contributed by atoms with Crippen LogP contribution >= 0.6 is 0 Å². The standard InChI is InChI=1S/C44H80N4.2C2H6/c1-31(2)37-10-7-32(3)24-46-21-18-36(19-22-46)35(17-20-45(5)6)11-8-34-9-12-38(33(4)23-34)26-48-29-41-15-13-39-27-47(25-37)28-40-14-16-42(30-48)44(41)43(39)40;2*1-2/h31-44H,7-30H2,1-6H3;2*1-2H3/t32?,33-,34?,35?,37?,38?,39?,40?,41?,42?,43?,44?;;/m0../s1. The van der Waals surface area contributed by atoms with Crippen LogP contribution in [0.3, 0.4) is 0 Å². The predicted molar refractivity (Wildman–Crippen MR) is 227 cm³/mol. The lowest BCUT2D eigenvalue weighted by Crippen LogP contribution is -2.61. The fourth-order valence-corrected chi connectivity index (χ4v) is 13.8. The van der Waals surface area contributed by atoms with E-state index in [0.717, 1.165) is 82.9 Å². The number of rotatable bonds is 4. The zero-order valence-electron chi connectivity index (χ0n) is 36.8. The summed E-state index contributed by atoms with van der Waals surface area (Å²) in [4.78, 5) is 11.4. The summed E-state index contributed by atoms with van der Waals surface area (Å²) in [6.07, 6.45) is 20.9. The molecule has 3 saturated carbocycles. The van der Waals surface area contributed by atoms with Crippen molar-refractivity contribution in [2.45, 2.75) is 145 Å². The Bertz CT molecular complexity index is 961. The molecule has 304 valence electrons. The molecule has 0 N–H and O–H groups in total. The third-order valence-electron chi connectivity index (χ3n) is 16.6. The lowest BCUT2D eigenvalue weighted by atomic mass is 9.51. The molecule has 0 radical (unpaired) electrons. The molecular formula is C48H92N4. The molecule has 12 fully saturated rings. The van der Waals surface area contributed by atoms with Crippen molar-refractivity contribution in [3.05, 3.63) is 0 Å². The largest absolute Gasteiger partial charge is 0.309 e. The summed E-state index contributed by atoms with van der Waals surface area (Å²) >= 11 is 0. The molecule has 0 aromatic rings. The third kappa shape index (κ3) is 11.0. The zero-order valence-corrected chi connectivity index (χ0v) is 36.8. The van der Waals surface area contributed by atoms with Gasteiger partial charge in [0.1, 0.15) is 0 Å². The van der Waals surface area contributed by atoms with E-state index in [1.165, 1.54) is 142 Å². The van der Waals surface area contributed by atoms with Gasteiger partial charge in [0.05, 0.1) is 0 Å². The van der Waals surface area contributed by atoms with Gasteiger partial charge in [-0.3, -0.25) is 0 Å². The van der Waals surface area contributed by atoms with Gasteiger partial charge in [-0.25, -0.2) is 0 Å². The van der Waals surface area contributed by atoms with Gasteiger partial charge in [0.25, 0.3) is 0 Å². The Labute approximate surface area is 326 Å². The maximum atomic E-state index is 3.05. The number of piperidine rings is 3. The monoisotopic (exact) mass is 725 g/mol. The Morgan fingerprint density at radius 2 is 1.02 bits per heavy atom. The second-order valence-electron chi connectivity index (χ2n) is 20.5. The number of nitrogens with zero attached hydrogens (tertiary/aromatic N) is 4. The fourth-order valence-electron chi connectivity index (χ4n) is 13.8. The summed E-state index contributed by atoms with van der Waals surface area (Å²) in [5.41, 5.74) is 0. The number of hydrogen-bond donors (Lipinski definition) is 0. The van der Waals surface area contributed by atoms with Gasteiger partial charge in [-0.1, -0.05) is 68.2 Å². The van der Waals surface area contributed by atoms with Gasteiger partial charge in [-0.2, -0.15) is 0 Å². The molecule has 0 spiro atoms. The molecule has 9 aliphatic heterocycles. The smallest absolute Gasteiger partial charge is 0.00128 e. The third-order valence-corrected chi connectivity index (χ3v) is 16.6. The first-order chi connectivity index (χ1) is 25.2. The lowest BCUT2D eigenvalue weighted by molar-refractivity contribution is -0.118. The van der Waals surface area contributed by atoms with Crippen LogP contribution in [0.1, 0.15) is 145 Å². The summed E-state index contributed by atoms with van der Waals surface area (Å²) in [5.74, 6) is 13.5. The van der Waals surface area contributed by atoms with Gasteiger partial charge < -0.3 is 19.6 Å². The highest BCUT2D eigenvalue weighted by molar-refractivity contribution is 5.04. The van der Waals surface area contributed by atoms with Crippen LogP contribution < -0.4 is 0 Å². The van der Waals surface area contributed by atoms with Crippen molar-refractivity contribution in [1.29, 1.82) is 0 Å². The molecule has 9 heterocycles. The van der Waals surface area contributed by atoms with Gasteiger partial charge in [-0.15, -0.1) is 0 Å². The quantitative estimate of drug-likeness (QED) is 0.286. The average Bonchev–Trinajstić information content (AvgIpc) is 3.14. The molecule has 0 aromatic carbocycles. The van der Waals surface area contributed by atoms with Gasteiger partial charge in [0.15, 0.2) is 0 Å². The van der Waals surface area contributed by atoms with E-state index < -0.39 is 0 Å². The first-order valence-electron chi connectivity index (χ1n) is 24.0. The van der Waals surface area contributed by atoms with Crippen molar-refractivity contribution < 1.29 is 0 Å². The van der Waals surface area contributed by atoms with E-state index in [1.54, 1.807) is 12.8 Å². The average molecular weight is 725 g/mol. The van der Waals surface area contributed by atoms with Crippen LogP contribution in [-0.2, 0) is 0 Å². The van der Waals surface area contributed by atoms with Crippen molar-refractivity contribution in [2.24, 2.45) is 82.9 Å². The van der Waals surface area contributed by atoms with E-state index in [0.29, 0.717) is 0 Å². The number of fused-ring (bicyclic) bond motifs is 2. The van der Waals surface area contributed by atoms with E-state index in [4.69, 9.17) is 0 Å². The maximum Gasteiger partial charge on any atom is 0.00128 e. The molecule has 10 atom stereocenters. The van der Waals surface area contributed by atoms with E-state index in [1.807, 2.05) is 27.7 Å². The summed E-state index contributed by atoms with van der Waals surface area (Å²) < 4.78 is 0. The Morgan fingerprint density at radius 1 is 0.519 bits per heavy atom. The minimum absolute atomic E-state index is 0.811. The topological polar surface area (TPSA) is 13.0 Å².